The molecule has 1 saturated heterocycles. The Bertz CT molecular complexity index is 1010. The number of hydrogen-bond acceptors (Lipinski definition) is 7. The summed E-state index contributed by atoms with van der Waals surface area (Å²) >= 11 is 4.62. The predicted molar refractivity (Wildman–Crippen MR) is 114 cm³/mol. The molecule has 2 aromatic heterocycles. The maximum Gasteiger partial charge on any atom is 0.205 e. The number of imidazole rings is 1. The maximum absolute atomic E-state index is 13.3. The van der Waals surface area contributed by atoms with E-state index in [9.17, 15) is 4.39 Å². The van der Waals surface area contributed by atoms with Crippen LogP contribution in [0.2, 0.25) is 0 Å². The monoisotopic (exact) mass is 411 g/mol. The highest BCUT2D eigenvalue weighted by Gasteiger charge is 2.21. The molecule has 1 aliphatic heterocycles. The topological polar surface area (TPSA) is 71.2 Å². The zero-order chi connectivity index (χ0) is 20.1. The van der Waals surface area contributed by atoms with Gasteiger partial charge in [-0.15, -0.1) is 0 Å². The van der Waals surface area contributed by atoms with Crippen molar-refractivity contribution >= 4 is 34.5 Å². The SMILES string of the molecule is Fc1ccc(Cn2c(NC3CCN(CCN=C=S)CC3)nc3cncnc32)cc1. The van der Waals surface area contributed by atoms with Crippen LogP contribution >= 0.6 is 12.2 Å². The standard InChI is InChI=1S/C20H22FN7S/c21-16-3-1-15(2-4-16)12-28-19-18(11-23-13-24-19)26-20(28)25-17-5-8-27(9-6-17)10-7-22-14-29/h1-4,11,13,17H,5-10,12H2,(H,25,26). The number of piperidine rings is 1. The number of rotatable bonds is 7. The molecule has 150 valence electrons. The van der Waals surface area contributed by atoms with Gasteiger partial charge >= 0.3 is 0 Å². The van der Waals surface area contributed by atoms with Gasteiger partial charge in [-0.05, 0) is 42.8 Å². The molecule has 7 nitrogen and oxygen atoms in total. The zero-order valence-corrected chi connectivity index (χ0v) is 16.8. The average molecular weight is 412 g/mol. The van der Waals surface area contributed by atoms with Crippen LogP contribution in [0.15, 0.2) is 41.8 Å². The Morgan fingerprint density at radius 1 is 1.24 bits per heavy atom. The number of thiocarbonyl (C=S) groups is 1. The van der Waals surface area contributed by atoms with Crippen LogP contribution in [0.25, 0.3) is 11.2 Å². The number of hydrogen-bond donors (Lipinski definition) is 1. The zero-order valence-electron chi connectivity index (χ0n) is 16.0. The molecule has 0 spiro atoms. The molecule has 0 bridgehead atoms. The Balaban J connectivity index is 1.48. The Hall–Kier alpha value is -2.74. The van der Waals surface area contributed by atoms with E-state index in [4.69, 9.17) is 4.98 Å². The lowest BCUT2D eigenvalue weighted by atomic mass is 10.1. The van der Waals surface area contributed by atoms with Crippen molar-refractivity contribution in [3.8, 4) is 0 Å². The summed E-state index contributed by atoms with van der Waals surface area (Å²) in [5.74, 6) is 0.529. The number of aliphatic imine (C=N–C) groups is 1. The molecule has 3 aromatic rings. The molecule has 0 saturated carbocycles. The van der Waals surface area contributed by atoms with Crippen molar-refractivity contribution in [3.05, 3.63) is 48.2 Å². The van der Waals surface area contributed by atoms with Gasteiger partial charge in [-0.2, -0.15) is 0 Å². The quantitative estimate of drug-likeness (QED) is 0.476. The van der Waals surface area contributed by atoms with Crippen LogP contribution in [0.5, 0.6) is 0 Å². The summed E-state index contributed by atoms with van der Waals surface area (Å²) in [5.41, 5.74) is 2.50. The molecule has 0 amide bonds. The van der Waals surface area contributed by atoms with Crippen molar-refractivity contribution in [1.29, 1.82) is 0 Å². The summed E-state index contributed by atoms with van der Waals surface area (Å²) in [6, 6.07) is 6.85. The van der Waals surface area contributed by atoms with Crippen LogP contribution in [0, 0.1) is 5.82 Å². The number of aromatic nitrogens is 4. The van der Waals surface area contributed by atoms with Crippen LogP contribution in [-0.2, 0) is 6.54 Å². The van der Waals surface area contributed by atoms with Crippen molar-refractivity contribution < 1.29 is 4.39 Å². The van der Waals surface area contributed by atoms with Crippen LogP contribution < -0.4 is 5.32 Å². The number of halogens is 1. The van der Waals surface area contributed by atoms with Crippen molar-refractivity contribution in [2.45, 2.75) is 25.4 Å². The summed E-state index contributed by atoms with van der Waals surface area (Å²) < 4.78 is 15.3. The van der Waals surface area contributed by atoms with Gasteiger partial charge in [0, 0.05) is 25.7 Å². The second-order valence-electron chi connectivity index (χ2n) is 7.11. The lowest BCUT2D eigenvalue weighted by Crippen LogP contribution is -2.40. The number of benzene rings is 1. The first-order chi connectivity index (χ1) is 14.2. The van der Waals surface area contributed by atoms with Crippen molar-refractivity contribution in [2.75, 3.05) is 31.5 Å². The van der Waals surface area contributed by atoms with Gasteiger partial charge < -0.3 is 10.2 Å². The molecular formula is C20H22FN7S. The Labute approximate surface area is 173 Å². The van der Waals surface area contributed by atoms with E-state index in [1.54, 1.807) is 18.3 Å². The second-order valence-corrected chi connectivity index (χ2v) is 7.30. The minimum Gasteiger partial charge on any atom is -0.353 e. The van der Waals surface area contributed by atoms with Crippen molar-refractivity contribution in [3.63, 3.8) is 0 Å². The first-order valence-electron chi connectivity index (χ1n) is 9.66. The molecule has 9 heteroatoms. The fraction of sp³-hybridized carbons (Fsp3) is 0.400. The number of nitrogens with one attached hydrogen (secondary N) is 1. The highest BCUT2D eigenvalue weighted by atomic mass is 32.1. The number of nitrogens with zero attached hydrogens (tertiary/aromatic N) is 6. The summed E-state index contributed by atoms with van der Waals surface area (Å²) in [6.45, 7) is 4.18. The van der Waals surface area contributed by atoms with Gasteiger partial charge in [-0.25, -0.2) is 24.3 Å². The molecule has 0 unspecified atom stereocenters. The van der Waals surface area contributed by atoms with Gasteiger partial charge in [0.1, 0.15) is 17.7 Å². The van der Waals surface area contributed by atoms with Gasteiger partial charge in [-0.1, -0.05) is 12.1 Å². The third-order valence-corrected chi connectivity index (χ3v) is 5.31. The highest BCUT2D eigenvalue weighted by Crippen LogP contribution is 2.22. The molecule has 29 heavy (non-hydrogen) atoms. The third kappa shape index (κ3) is 4.82. The van der Waals surface area contributed by atoms with E-state index in [2.05, 4.69) is 42.6 Å². The van der Waals surface area contributed by atoms with E-state index in [0.717, 1.165) is 55.2 Å². The molecular weight excluding hydrogens is 389 g/mol. The number of isothiocyanates is 1. The second kappa shape index (κ2) is 9.17. The van der Waals surface area contributed by atoms with Crippen molar-refractivity contribution in [2.24, 2.45) is 4.99 Å². The average Bonchev–Trinajstić information content (AvgIpc) is 3.08. The maximum atomic E-state index is 13.3. The van der Waals surface area contributed by atoms with Crippen molar-refractivity contribution in [1.82, 2.24) is 24.4 Å². The van der Waals surface area contributed by atoms with E-state index in [1.807, 2.05) is 4.57 Å². The normalized spacial score (nSPS) is 15.3. The minimum absolute atomic E-state index is 0.243. The van der Waals surface area contributed by atoms with E-state index in [1.165, 1.54) is 18.5 Å². The van der Waals surface area contributed by atoms with Gasteiger partial charge in [-0.3, -0.25) is 4.57 Å². The largest absolute Gasteiger partial charge is 0.353 e. The van der Waals surface area contributed by atoms with E-state index < -0.39 is 0 Å². The Kier molecular flexibility index (Phi) is 6.19. The van der Waals surface area contributed by atoms with E-state index in [-0.39, 0.29) is 5.82 Å². The summed E-state index contributed by atoms with van der Waals surface area (Å²) in [6.07, 6.45) is 5.28. The lowest BCUT2D eigenvalue weighted by Gasteiger charge is -2.32. The first kappa shape index (κ1) is 19.6. The number of likely N-dealkylation sites (tertiary alicyclic amines) is 1. The molecule has 4 rings (SSSR count). The van der Waals surface area contributed by atoms with Crippen LogP contribution in [0.3, 0.4) is 0 Å². The predicted octanol–water partition coefficient (Wildman–Crippen LogP) is 2.99. The fourth-order valence-electron chi connectivity index (χ4n) is 3.63. The molecule has 0 aliphatic carbocycles. The minimum atomic E-state index is -0.243. The van der Waals surface area contributed by atoms with Crippen LogP contribution in [-0.4, -0.2) is 61.8 Å². The van der Waals surface area contributed by atoms with Gasteiger partial charge in [0.05, 0.1) is 24.4 Å². The fourth-order valence-corrected chi connectivity index (χ4v) is 3.72. The smallest absolute Gasteiger partial charge is 0.205 e. The Morgan fingerprint density at radius 3 is 2.79 bits per heavy atom. The highest BCUT2D eigenvalue weighted by molar-refractivity contribution is 7.78. The van der Waals surface area contributed by atoms with Crippen LogP contribution in [0.1, 0.15) is 18.4 Å². The molecule has 3 heterocycles. The van der Waals surface area contributed by atoms with E-state index in [0.29, 0.717) is 19.1 Å². The number of anilines is 1. The molecule has 0 atom stereocenters. The summed E-state index contributed by atoms with van der Waals surface area (Å²) in [7, 11) is 0. The van der Waals surface area contributed by atoms with Gasteiger partial charge in [0.2, 0.25) is 5.95 Å². The summed E-state index contributed by atoms with van der Waals surface area (Å²) in [5, 5.41) is 6.01. The summed E-state index contributed by atoms with van der Waals surface area (Å²) in [4.78, 5) is 19.6. The molecule has 1 fully saturated rings. The lowest BCUT2D eigenvalue weighted by molar-refractivity contribution is 0.224. The molecule has 0 radical (unpaired) electrons. The van der Waals surface area contributed by atoms with Gasteiger partial charge in [0.15, 0.2) is 5.65 Å². The molecule has 1 aromatic carbocycles. The molecule has 1 N–H and O–H groups in total. The first-order valence-corrected chi connectivity index (χ1v) is 10.1. The van der Waals surface area contributed by atoms with E-state index >= 15 is 0 Å². The third-order valence-electron chi connectivity index (χ3n) is 5.18. The Morgan fingerprint density at radius 2 is 2.03 bits per heavy atom. The molecule has 1 aliphatic rings. The number of fused-ring (bicyclic) bond motifs is 1. The van der Waals surface area contributed by atoms with Gasteiger partial charge in [0.25, 0.3) is 0 Å². The van der Waals surface area contributed by atoms with Crippen LogP contribution in [0.4, 0.5) is 10.3 Å².